The molecule has 0 aliphatic rings. The molecule has 0 atom stereocenters. The first-order valence-electron chi connectivity index (χ1n) is 8.41. The van der Waals surface area contributed by atoms with Crippen LogP contribution in [0.2, 0.25) is 0 Å². The Hall–Kier alpha value is -3.80. The average Bonchev–Trinajstić information content (AvgIpc) is 3.19. The number of carbonyl (C=O) groups excluding carboxylic acids is 1. The van der Waals surface area contributed by atoms with E-state index in [-0.39, 0.29) is 5.91 Å². The van der Waals surface area contributed by atoms with Crippen LogP contribution in [0.1, 0.15) is 15.9 Å². The average molecular weight is 356 g/mol. The Balaban J connectivity index is 1.52. The molecule has 6 heteroatoms. The Morgan fingerprint density at radius 2 is 1.70 bits per heavy atom. The first kappa shape index (κ1) is 16.7. The minimum Gasteiger partial charge on any atom is -0.416 e. The van der Waals surface area contributed by atoms with Crippen molar-refractivity contribution in [1.82, 2.24) is 15.2 Å². The number of rotatable bonds is 4. The van der Waals surface area contributed by atoms with Crippen LogP contribution in [-0.2, 0) is 0 Å². The predicted octanol–water partition coefficient (Wildman–Crippen LogP) is 4.36. The summed E-state index contributed by atoms with van der Waals surface area (Å²) in [5.74, 6) is 0.665. The molecule has 6 nitrogen and oxygen atoms in total. The summed E-state index contributed by atoms with van der Waals surface area (Å²) in [5, 5.41) is 11.0. The van der Waals surface area contributed by atoms with Crippen molar-refractivity contribution in [3.05, 3.63) is 84.2 Å². The first-order valence-corrected chi connectivity index (χ1v) is 8.41. The van der Waals surface area contributed by atoms with Gasteiger partial charge >= 0.3 is 0 Å². The number of aromatic nitrogens is 3. The number of carbonyl (C=O) groups is 1. The summed E-state index contributed by atoms with van der Waals surface area (Å²) in [6.45, 7) is 2.01. The van der Waals surface area contributed by atoms with Gasteiger partial charge in [-0.05, 0) is 55.5 Å². The number of benzene rings is 2. The van der Waals surface area contributed by atoms with Crippen LogP contribution in [0.3, 0.4) is 0 Å². The van der Waals surface area contributed by atoms with Gasteiger partial charge in [0, 0.05) is 22.9 Å². The zero-order valence-corrected chi connectivity index (χ0v) is 14.6. The van der Waals surface area contributed by atoms with E-state index in [2.05, 4.69) is 20.5 Å². The highest BCUT2D eigenvalue weighted by atomic mass is 16.4. The third kappa shape index (κ3) is 3.74. The number of anilines is 1. The third-order valence-electron chi connectivity index (χ3n) is 4.00. The van der Waals surface area contributed by atoms with Crippen LogP contribution in [0.25, 0.3) is 22.9 Å². The lowest BCUT2D eigenvalue weighted by Crippen LogP contribution is -2.11. The number of pyridine rings is 1. The van der Waals surface area contributed by atoms with E-state index in [4.69, 9.17) is 4.42 Å². The van der Waals surface area contributed by atoms with Crippen molar-refractivity contribution in [2.24, 2.45) is 0 Å². The molecule has 0 bridgehead atoms. The van der Waals surface area contributed by atoms with Crippen molar-refractivity contribution in [2.75, 3.05) is 5.32 Å². The molecule has 0 aliphatic heterocycles. The Morgan fingerprint density at radius 3 is 2.41 bits per heavy atom. The van der Waals surface area contributed by atoms with Crippen molar-refractivity contribution in [3.63, 3.8) is 0 Å². The molecule has 1 N–H and O–H groups in total. The Kier molecular flexibility index (Phi) is 4.45. The number of hydrogen-bond acceptors (Lipinski definition) is 5. The summed E-state index contributed by atoms with van der Waals surface area (Å²) >= 11 is 0. The number of aryl methyl sites for hydroxylation is 1. The number of nitrogens with one attached hydrogen (secondary N) is 1. The Morgan fingerprint density at radius 1 is 0.926 bits per heavy atom. The molecule has 0 unspecified atom stereocenters. The molecule has 2 aromatic carbocycles. The van der Waals surface area contributed by atoms with E-state index < -0.39 is 0 Å². The highest BCUT2D eigenvalue weighted by molar-refractivity contribution is 6.04. The van der Waals surface area contributed by atoms with Gasteiger partial charge in [0.05, 0.1) is 11.9 Å². The largest absolute Gasteiger partial charge is 0.416 e. The van der Waals surface area contributed by atoms with Crippen molar-refractivity contribution >= 4 is 11.6 Å². The molecule has 0 radical (unpaired) electrons. The molecule has 0 fully saturated rings. The van der Waals surface area contributed by atoms with Gasteiger partial charge in [-0.15, -0.1) is 10.2 Å². The molecule has 2 aromatic heterocycles. The van der Waals surface area contributed by atoms with Crippen LogP contribution in [0, 0.1) is 6.92 Å². The summed E-state index contributed by atoms with van der Waals surface area (Å²) in [6.07, 6.45) is 3.25. The summed E-state index contributed by atoms with van der Waals surface area (Å²) in [7, 11) is 0. The lowest BCUT2D eigenvalue weighted by molar-refractivity contribution is 0.102. The van der Waals surface area contributed by atoms with E-state index in [1.807, 2.05) is 31.2 Å². The molecule has 0 saturated carbocycles. The summed E-state index contributed by atoms with van der Waals surface area (Å²) in [4.78, 5) is 16.3. The van der Waals surface area contributed by atoms with Crippen molar-refractivity contribution in [3.8, 4) is 22.9 Å². The lowest BCUT2D eigenvalue weighted by Gasteiger charge is -2.04. The van der Waals surface area contributed by atoms with Crippen LogP contribution >= 0.6 is 0 Å². The van der Waals surface area contributed by atoms with Crippen molar-refractivity contribution < 1.29 is 9.21 Å². The van der Waals surface area contributed by atoms with Crippen LogP contribution in [0.5, 0.6) is 0 Å². The van der Waals surface area contributed by atoms with Gasteiger partial charge in [0.1, 0.15) is 0 Å². The molecule has 4 rings (SSSR count). The van der Waals surface area contributed by atoms with Gasteiger partial charge in [0.25, 0.3) is 5.91 Å². The first-order chi connectivity index (χ1) is 13.2. The maximum atomic E-state index is 12.3. The van der Waals surface area contributed by atoms with Gasteiger partial charge in [-0.2, -0.15) is 0 Å². The topological polar surface area (TPSA) is 80.9 Å². The fourth-order valence-corrected chi connectivity index (χ4v) is 2.64. The number of hydrogen-bond donors (Lipinski definition) is 1. The second-order valence-electron chi connectivity index (χ2n) is 6.06. The maximum absolute atomic E-state index is 12.3. The van der Waals surface area contributed by atoms with E-state index in [1.165, 1.54) is 0 Å². The molecule has 27 heavy (non-hydrogen) atoms. The van der Waals surface area contributed by atoms with Crippen LogP contribution in [0.4, 0.5) is 5.69 Å². The van der Waals surface area contributed by atoms with E-state index in [1.54, 1.807) is 48.8 Å². The lowest BCUT2D eigenvalue weighted by atomic mass is 10.1. The van der Waals surface area contributed by atoms with E-state index >= 15 is 0 Å². The highest BCUT2D eigenvalue weighted by Crippen LogP contribution is 2.24. The van der Waals surface area contributed by atoms with Gasteiger partial charge in [0.15, 0.2) is 0 Å². The van der Waals surface area contributed by atoms with Crippen LogP contribution in [-0.4, -0.2) is 21.1 Å². The fraction of sp³-hybridized carbons (Fsp3) is 0.0476. The molecule has 0 spiro atoms. The van der Waals surface area contributed by atoms with Crippen LogP contribution in [0.15, 0.2) is 77.5 Å². The standard InChI is InChI=1S/C21H16N4O2/c1-14-4-2-5-17(12-14)21-25-24-20(27-21)16-9-7-15(8-10-16)19(26)23-18-6-3-11-22-13-18/h2-13H,1H3,(H,23,26). The predicted molar refractivity (Wildman–Crippen MR) is 102 cm³/mol. The minimum absolute atomic E-state index is 0.208. The molecule has 0 saturated heterocycles. The molecule has 4 aromatic rings. The number of nitrogens with zero attached hydrogens (tertiary/aromatic N) is 3. The van der Waals surface area contributed by atoms with Gasteiger partial charge < -0.3 is 9.73 Å². The minimum atomic E-state index is -0.208. The molecular weight excluding hydrogens is 340 g/mol. The van der Waals surface area contributed by atoms with Crippen molar-refractivity contribution in [1.29, 1.82) is 0 Å². The maximum Gasteiger partial charge on any atom is 0.255 e. The quantitative estimate of drug-likeness (QED) is 0.587. The smallest absolute Gasteiger partial charge is 0.255 e. The zero-order chi connectivity index (χ0) is 18.6. The van der Waals surface area contributed by atoms with Gasteiger partial charge in [0.2, 0.25) is 11.8 Å². The summed E-state index contributed by atoms with van der Waals surface area (Å²) < 4.78 is 5.78. The van der Waals surface area contributed by atoms with Gasteiger partial charge in [-0.25, -0.2) is 0 Å². The second-order valence-corrected chi connectivity index (χ2v) is 6.06. The highest BCUT2D eigenvalue weighted by Gasteiger charge is 2.12. The third-order valence-corrected chi connectivity index (χ3v) is 4.00. The SMILES string of the molecule is Cc1cccc(-c2nnc(-c3ccc(C(=O)Nc4cccnc4)cc3)o2)c1. The van der Waals surface area contributed by atoms with E-state index in [0.717, 1.165) is 16.7 Å². The fourth-order valence-electron chi connectivity index (χ4n) is 2.64. The molecule has 2 heterocycles. The summed E-state index contributed by atoms with van der Waals surface area (Å²) in [6, 6.07) is 18.4. The normalized spacial score (nSPS) is 10.6. The van der Waals surface area contributed by atoms with Crippen LogP contribution < -0.4 is 5.32 Å². The van der Waals surface area contributed by atoms with E-state index in [0.29, 0.717) is 23.0 Å². The monoisotopic (exact) mass is 356 g/mol. The Labute approximate surface area is 155 Å². The zero-order valence-electron chi connectivity index (χ0n) is 14.6. The van der Waals surface area contributed by atoms with Gasteiger partial charge in [-0.1, -0.05) is 17.7 Å². The summed E-state index contributed by atoms with van der Waals surface area (Å²) in [5.41, 5.74) is 3.92. The van der Waals surface area contributed by atoms with Crippen molar-refractivity contribution in [2.45, 2.75) is 6.92 Å². The molecular formula is C21H16N4O2. The molecule has 132 valence electrons. The van der Waals surface area contributed by atoms with E-state index in [9.17, 15) is 4.79 Å². The molecule has 1 amide bonds. The van der Waals surface area contributed by atoms with Gasteiger partial charge in [-0.3, -0.25) is 9.78 Å². The second kappa shape index (κ2) is 7.21. The number of amides is 1. The molecule has 0 aliphatic carbocycles. The Bertz CT molecular complexity index is 1070.